The monoisotopic (exact) mass is 674 g/mol. The molecule has 6 aromatic rings. The zero-order valence-corrected chi connectivity index (χ0v) is 27.9. The van der Waals surface area contributed by atoms with Gasteiger partial charge in [-0.2, -0.15) is 0 Å². The first-order valence-corrected chi connectivity index (χ1v) is 17.4. The molecule has 0 aliphatic carbocycles. The number of aliphatic hydroxyl groups is 1. The average Bonchev–Trinajstić information content (AvgIpc) is 3.56. The average molecular weight is 675 g/mol. The van der Waals surface area contributed by atoms with Crippen LogP contribution in [0, 0.1) is 5.82 Å². The summed E-state index contributed by atoms with van der Waals surface area (Å²) < 4.78 is 42.5. The van der Waals surface area contributed by atoms with E-state index in [4.69, 9.17) is 18.9 Å². The summed E-state index contributed by atoms with van der Waals surface area (Å²) in [6.07, 6.45) is -3.46. The lowest BCUT2D eigenvalue weighted by Gasteiger charge is -2.45. The molecule has 0 saturated carbocycles. The van der Waals surface area contributed by atoms with E-state index in [1.54, 1.807) is 17.4 Å². The third-order valence-corrected chi connectivity index (χ3v) is 9.98. The Hall–Kier alpha value is -4.21. The second-order valence-corrected chi connectivity index (χ2v) is 13.6. The van der Waals surface area contributed by atoms with Gasteiger partial charge in [-0.25, -0.2) is 4.39 Å². The Balaban J connectivity index is 1.18. The predicted octanol–water partition coefficient (Wildman–Crippen LogP) is 8.82. The van der Waals surface area contributed by atoms with Gasteiger partial charge in [-0.05, 0) is 57.5 Å². The maximum Gasteiger partial charge on any atom is 0.126 e. The highest BCUT2D eigenvalue weighted by molar-refractivity contribution is 7.19. The maximum absolute atomic E-state index is 15.3. The molecule has 7 rings (SSSR count). The lowest BCUT2D eigenvalue weighted by atomic mass is 9.89. The van der Waals surface area contributed by atoms with Crippen LogP contribution in [0.25, 0.3) is 10.1 Å². The van der Waals surface area contributed by atoms with Crippen LogP contribution < -0.4 is 0 Å². The molecule has 0 spiro atoms. The summed E-state index contributed by atoms with van der Waals surface area (Å²) in [5.74, 6) is -0.296. The lowest BCUT2D eigenvalue weighted by molar-refractivity contribution is -0.263. The van der Waals surface area contributed by atoms with E-state index >= 15 is 4.39 Å². The van der Waals surface area contributed by atoms with Gasteiger partial charge in [0.1, 0.15) is 36.3 Å². The highest BCUT2D eigenvalue weighted by Crippen LogP contribution is 2.37. The van der Waals surface area contributed by atoms with Gasteiger partial charge in [0.05, 0.1) is 26.4 Å². The van der Waals surface area contributed by atoms with Crippen molar-refractivity contribution < 1.29 is 28.4 Å². The van der Waals surface area contributed by atoms with Crippen molar-refractivity contribution in [2.75, 3.05) is 6.61 Å². The van der Waals surface area contributed by atoms with Crippen LogP contribution in [-0.4, -0.2) is 36.1 Å². The van der Waals surface area contributed by atoms with Gasteiger partial charge >= 0.3 is 0 Å². The molecule has 1 aliphatic heterocycles. The molecule has 250 valence electrons. The SMILES string of the molecule is O[C@@H]1[C@@H](OCc2ccccc2)[C@H](OCc2ccccc2)[C@@H](COCc2ccccc2)O[C@H]1c1ccc(F)c(Cc2cc3ccccc3s2)c1. The van der Waals surface area contributed by atoms with Crippen LogP contribution in [0.5, 0.6) is 0 Å². The van der Waals surface area contributed by atoms with Crippen molar-refractivity contribution in [3.8, 4) is 0 Å². The van der Waals surface area contributed by atoms with Gasteiger partial charge in [0.15, 0.2) is 0 Å². The number of hydrogen-bond acceptors (Lipinski definition) is 6. The van der Waals surface area contributed by atoms with E-state index < -0.39 is 30.5 Å². The highest BCUT2D eigenvalue weighted by Gasteiger charge is 2.47. The Bertz CT molecular complexity index is 1880. The van der Waals surface area contributed by atoms with Crippen molar-refractivity contribution in [3.63, 3.8) is 0 Å². The molecule has 0 unspecified atom stereocenters. The van der Waals surface area contributed by atoms with Crippen LogP contribution in [0.3, 0.4) is 0 Å². The zero-order chi connectivity index (χ0) is 33.4. The number of halogens is 1. The lowest BCUT2D eigenvalue weighted by Crippen LogP contribution is -2.57. The molecular formula is C42H39FO5S. The van der Waals surface area contributed by atoms with Gasteiger partial charge in [0.25, 0.3) is 0 Å². The highest BCUT2D eigenvalue weighted by atomic mass is 32.1. The third kappa shape index (κ3) is 8.33. The minimum atomic E-state index is -1.10. The fraction of sp³-hybridized carbons (Fsp3) is 0.238. The molecule has 49 heavy (non-hydrogen) atoms. The largest absolute Gasteiger partial charge is 0.387 e. The molecule has 1 N–H and O–H groups in total. The molecule has 1 saturated heterocycles. The van der Waals surface area contributed by atoms with Crippen molar-refractivity contribution in [2.45, 2.75) is 56.8 Å². The zero-order valence-electron chi connectivity index (χ0n) is 27.1. The number of aliphatic hydroxyl groups excluding tert-OH is 1. The molecular weight excluding hydrogens is 636 g/mol. The first kappa shape index (κ1) is 33.3. The second-order valence-electron chi connectivity index (χ2n) is 12.4. The Kier molecular flexibility index (Phi) is 10.9. The van der Waals surface area contributed by atoms with Gasteiger partial charge in [0, 0.05) is 16.0 Å². The summed E-state index contributed by atoms with van der Waals surface area (Å²) in [4.78, 5) is 1.06. The van der Waals surface area contributed by atoms with E-state index in [2.05, 4.69) is 18.2 Å². The number of hydrogen-bond donors (Lipinski definition) is 1. The van der Waals surface area contributed by atoms with Gasteiger partial charge in [0.2, 0.25) is 0 Å². The van der Waals surface area contributed by atoms with Crippen molar-refractivity contribution in [2.24, 2.45) is 0 Å². The van der Waals surface area contributed by atoms with Gasteiger partial charge in [-0.3, -0.25) is 0 Å². The van der Waals surface area contributed by atoms with E-state index in [0.29, 0.717) is 30.8 Å². The topological polar surface area (TPSA) is 57.2 Å². The molecule has 0 radical (unpaired) electrons. The van der Waals surface area contributed by atoms with E-state index in [-0.39, 0.29) is 19.0 Å². The third-order valence-electron chi connectivity index (χ3n) is 8.86. The molecule has 5 aromatic carbocycles. The van der Waals surface area contributed by atoms with Crippen LogP contribution in [0.2, 0.25) is 0 Å². The minimum Gasteiger partial charge on any atom is -0.387 e. The normalized spacial score (nSPS) is 20.8. The summed E-state index contributed by atoms with van der Waals surface area (Å²) in [6, 6.07) is 45.0. The van der Waals surface area contributed by atoms with Gasteiger partial charge in [-0.15, -0.1) is 11.3 Å². The maximum atomic E-state index is 15.3. The standard InChI is InChI=1S/C42H39FO5S/c43-36-21-20-33(22-34(36)24-35-23-32-18-10-11-19-38(32)49-35)40-39(44)42(47-27-31-16-8-3-9-17-31)41(46-26-30-14-6-2-7-15-30)37(48-40)28-45-25-29-12-4-1-5-13-29/h1-23,37,39-42,44H,24-28H2/t37-,39+,40+,41-,42-/m1/s1. The van der Waals surface area contributed by atoms with E-state index in [0.717, 1.165) is 27.0 Å². The number of ether oxygens (including phenoxy) is 4. The predicted molar refractivity (Wildman–Crippen MR) is 191 cm³/mol. The number of rotatable bonds is 13. The van der Waals surface area contributed by atoms with Crippen LogP contribution in [0.15, 0.2) is 140 Å². The van der Waals surface area contributed by atoms with E-state index in [1.165, 1.54) is 10.8 Å². The summed E-state index contributed by atoms with van der Waals surface area (Å²) in [5.41, 5.74) is 4.23. The number of fused-ring (bicyclic) bond motifs is 1. The summed E-state index contributed by atoms with van der Waals surface area (Å²) in [6.45, 7) is 1.19. The molecule has 5 nitrogen and oxygen atoms in total. The van der Waals surface area contributed by atoms with Crippen LogP contribution in [0.4, 0.5) is 4.39 Å². The Morgan fingerprint density at radius 1 is 0.653 bits per heavy atom. The molecule has 0 bridgehead atoms. The number of thiophene rings is 1. The van der Waals surface area contributed by atoms with Crippen molar-refractivity contribution in [1.29, 1.82) is 0 Å². The van der Waals surface area contributed by atoms with Crippen LogP contribution in [-0.2, 0) is 45.2 Å². The Morgan fingerprint density at radius 2 is 1.24 bits per heavy atom. The van der Waals surface area contributed by atoms with Crippen LogP contribution in [0.1, 0.15) is 38.8 Å². The molecule has 5 atom stereocenters. The minimum absolute atomic E-state index is 0.207. The Morgan fingerprint density at radius 3 is 1.90 bits per heavy atom. The summed E-state index contributed by atoms with van der Waals surface area (Å²) in [7, 11) is 0. The second kappa shape index (κ2) is 16.0. The first-order valence-electron chi connectivity index (χ1n) is 16.6. The molecule has 2 heterocycles. The quantitative estimate of drug-likeness (QED) is 0.133. The van der Waals surface area contributed by atoms with Crippen molar-refractivity contribution in [1.82, 2.24) is 0 Å². The van der Waals surface area contributed by atoms with Crippen molar-refractivity contribution in [3.05, 3.63) is 178 Å². The van der Waals surface area contributed by atoms with Gasteiger partial charge in [-0.1, -0.05) is 115 Å². The summed E-state index contributed by atoms with van der Waals surface area (Å²) in [5, 5.41) is 13.2. The van der Waals surface area contributed by atoms with Crippen LogP contribution >= 0.6 is 11.3 Å². The smallest absolute Gasteiger partial charge is 0.126 e. The first-order chi connectivity index (χ1) is 24.1. The molecule has 1 fully saturated rings. The fourth-order valence-corrected chi connectivity index (χ4v) is 7.44. The van der Waals surface area contributed by atoms with Gasteiger partial charge < -0.3 is 24.1 Å². The summed E-state index contributed by atoms with van der Waals surface area (Å²) >= 11 is 1.66. The Labute approximate surface area is 290 Å². The molecule has 1 aromatic heterocycles. The fourth-order valence-electron chi connectivity index (χ4n) is 6.35. The number of benzene rings is 5. The van der Waals surface area contributed by atoms with E-state index in [9.17, 15) is 5.11 Å². The molecule has 7 heteroatoms. The van der Waals surface area contributed by atoms with E-state index in [1.807, 2.05) is 109 Å². The van der Waals surface area contributed by atoms with Crippen molar-refractivity contribution >= 4 is 21.4 Å². The molecule has 0 amide bonds. The molecule has 1 aliphatic rings.